The highest BCUT2D eigenvalue weighted by Crippen LogP contribution is 2.43. The first-order valence-corrected chi connectivity index (χ1v) is 8.33. The van der Waals surface area contributed by atoms with Crippen molar-refractivity contribution in [2.24, 2.45) is 5.92 Å². The van der Waals surface area contributed by atoms with E-state index in [0.717, 1.165) is 32.1 Å². The summed E-state index contributed by atoms with van der Waals surface area (Å²) in [5.41, 5.74) is -0.687. The van der Waals surface area contributed by atoms with Crippen LogP contribution in [0, 0.1) is 5.92 Å². The molecule has 4 nitrogen and oxygen atoms in total. The van der Waals surface area contributed by atoms with Crippen LogP contribution in [0.4, 0.5) is 0 Å². The van der Waals surface area contributed by atoms with E-state index in [1.807, 2.05) is 0 Å². The van der Waals surface area contributed by atoms with Crippen LogP contribution in [0.15, 0.2) is 0 Å². The minimum atomic E-state index is -0.687. The van der Waals surface area contributed by atoms with Gasteiger partial charge in [0.1, 0.15) is 5.54 Å². The van der Waals surface area contributed by atoms with Crippen molar-refractivity contribution in [2.45, 2.75) is 82.5 Å². The van der Waals surface area contributed by atoms with E-state index < -0.39 is 11.5 Å². The Kier molecular flexibility index (Phi) is 3.80. The highest BCUT2D eigenvalue weighted by atomic mass is 16.4. The average molecular weight is 280 g/mol. The van der Waals surface area contributed by atoms with Gasteiger partial charge in [0.25, 0.3) is 0 Å². The van der Waals surface area contributed by atoms with Crippen LogP contribution in [-0.4, -0.2) is 46.2 Å². The molecule has 0 aromatic rings. The fraction of sp³-hybridized carbons (Fsp3) is 0.938. The fourth-order valence-electron chi connectivity index (χ4n) is 3.90. The topological polar surface area (TPSA) is 52.6 Å². The molecular formula is C16H28N2O2. The number of likely N-dealkylation sites (tertiary alicyclic amines) is 1. The van der Waals surface area contributed by atoms with Gasteiger partial charge in [-0.2, -0.15) is 0 Å². The predicted octanol–water partition coefficient (Wildman–Crippen LogP) is 2.23. The number of nitrogens with zero attached hydrogens (tertiary/aromatic N) is 1. The molecule has 1 aliphatic heterocycles. The molecule has 0 aromatic carbocycles. The number of rotatable bonds is 7. The fourth-order valence-corrected chi connectivity index (χ4v) is 3.90. The van der Waals surface area contributed by atoms with Crippen molar-refractivity contribution in [3.05, 3.63) is 0 Å². The van der Waals surface area contributed by atoms with Gasteiger partial charge in [-0.3, -0.25) is 15.0 Å². The van der Waals surface area contributed by atoms with Gasteiger partial charge in [0, 0.05) is 24.7 Å². The largest absolute Gasteiger partial charge is 0.480 e. The van der Waals surface area contributed by atoms with E-state index in [4.69, 9.17) is 0 Å². The summed E-state index contributed by atoms with van der Waals surface area (Å²) >= 11 is 0. The highest BCUT2D eigenvalue weighted by Gasteiger charge is 2.55. The second kappa shape index (κ2) is 5.30. The summed E-state index contributed by atoms with van der Waals surface area (Å²) in [5, 5.41) is 13.4. The molecule has 2 aliphatic carbocycles. The third-order valence-corrected chi connectivity index (χ3v) is 5.55. The van der Waals surface area contributed by atoms with Crippen LogP contribution in [0.25, 0.3) is 0 Å². The Bertz CT molecular complexity index is 379. The molecule has 3 fully saturated rings. The van der Waals surface area contributed by atoms with E-state index in [1.165, 1.54) is 12.8 Å². The van der Waals surface area contributed by atoms with Gasteiger partial charge in [-0.1, -0.05) is 6.92 Å². The predicted molar refractivity (Wildman–Crippen MR) is 78.7 cm³/mol. The Labute approximate surface area is 121 Å². The minimum Gasteiger partial charge on any atom is -0.480 e. The van der Waals surface area contributed by atoms with Gasteiger partial charge in [-0.15, -0.1) is 0 Å². The van der Waals surface area contributed by atoms with E-state index >= 15 is 0 Å². The van der Waals surface area contributed by atoms with E-state index in [1.54, 1.807) is 0 Å². The van der Waals surface area contributed by atoms with Crippen LogP contribution in [0.3, 0.4) is 0 Å². The molecule has 1 heterocycles. The molecule has 20 heavy (non-hydrogen) atoms. The van der Waals surface area contributed by atoms with E-state index in [9.17, 15) is 9.90 Å². The molecular weight excluding hydrogens is 252 g/mol. The van der Waals surface area contributed by atoms with E-state index in [2.05, 4.69) is 24.1 Å². The summed E-state index contributed by atoms with van der Waals surface area (Å²) in [5.74, 6) is -0.285. The molecule has 3 unspecified atom stereocenters. The van der Waals surface area contributed by atoms with Crippen molar-refractivity contribution in [3.63, 3.8) is 0 Å². The third kappa shape index (κ3) is 2.60. The molecule has 1 saturated heterocycles. The molecule has 2 N–H and O–H groups in total. The third-order valence-electron chi connectivity index (χ3n) is 5.55. The zero-order valence-corrected chi connectivity index (χ0v) is 12.8. The quantitative estimate of drug-likeness (QED) is 0.751. The maximum atomic E-state index is 12.1. The molecule has 0 bridgehead atoms. The lowest BCUT2D eigenvalue weighted by atomic mass is 9.91. The Hall–Kier alpha value is -0.610. The van der Waals surface area contributed by atoms with Gasteiger partial charge in [-0.05, 0) is 57.8 Å². The number of aliphatic carboxylic acids is 1. The van der Waals surface area contributed by atoms with E-state index in [0.29, 0.717) is 30.6 Å². The van der Waals surface area contributed by atoms with Crippen molar-refractivity contribution in [3.8, 4) is 0 Å². The number of carboxylic acid groups (broad SMARTS) is 1. The van der Waals surface area contributed by atoms with Gasteiger partial charge in [0.15, 0.2) is 0 Å². The minimum absolute atomic E-state index is 0.339. The summed E-state index contributed by atoms with van der Waals surface area (Å²) in [6.45, 7) is 5.18. The molecule has 3 aliphatic rings. The lowest BCUT2D eigenvalue weighted by molar-refractivity contribution is -0.147. The Morgan fingerprint density at radius 3 is 2.45 bits per heavy atom. The summed E-state index contributed by atoms with van der Waals surface area (Å²) in [6, 6.07) is 1.55. The van der Waals surface area contributed by atoms with Crippen molar-refractivity contribution in [2.75, 3.05) is 6.54 Å². The average Bonchev–Trinajstić information content (AvgIpc) is 3.30. The molecule has 2 saturated carbocycles. The second-order valence-electron chi connectivity index (χ2n) is 7.13. The first kappa shape index (κ1) is 14.3. The van der Waals surface area contributed by atoms with Crippen LogP contribution in [-0.2, 0) is 4.79 Å². The Balaban J connectivity index is 1.79. The van der Waals surface area contributed by atoms with Crippen molar-refractivity contribution >= 4 is 5.97 Å². The van der Waals surface area contributed by atoms with Crippen LogP contribution >= 0.6 is 0 Å². The summed E-state index contributed by atoms with van der Waals surface area (Å²) in [4.78, 5) is 14.5. The molecule has 0 spiro atoms. The number of carbonyl (C=O) groups is 1. The van der Waals surface area contributed by atoms with Crippen LogP contribution in [0.5, 0.6) is 0 Å². The molecule has 0 amide bonds. The Morgan fingerprint density at radius 2 is 1.95 bits per heavy atom. The number of hydrogen-bond acceptors (Lipinski definition) is 3. The standard InChI is InChI=1S/C16H28N2O2/c1-3-14-9-4-11(2)18(14)10-16(15(19)20,12-5-6-12)17-13-7-8-13/h11-14,17H,3-10H2,1-2H3,(H,19,20). The second-order valence-corrected chi connectivity index (χ2v) is 7.13. The molecule has 0 radical (unpaired) electrons. The first-order valence-electron chi connectivity index (χ1n) is 8.33. The maximum absolute atomic E-state index is 12.1. The monoisotopic (exact) mass is 280 g/mol. The van der Waals surface area contributed by atoms with Crippen LogP contribution in [0.2, 0.25) is 0 Å². The number of nitrogens with one attached hydrogen (secondary N) is 1. The first-order chi connectivity index (χ1) is 9.56. The SMILES string of the molecule is CCC1CCC(C)N1CC(NC1CC1)(C(=O)O)C1CC1. The summed E-state index contributed by atoms with van der Waals surface area (Å²) < 4.78 is 0. The molecule has 4 heteroatoms. The molecule has 114 valence electrons. The number of carboxylic acids is 1. The smallest absolute Gasteiger partial charge is 0.325 e. The number of hydrogen-bond donors (Lipinski definition) is 2. The highest BCUT2D eigenvalue weighted by molar-refractivity contribution is 5.80. The Morgan fingerprint density at radius 1 is 1.25 bits per heavy atom. The van der Waals surface area contributed by atoms with Gasteiger partial charge >= 0.3 is 5.97 Å². The summed E-state index contributed by atoms with van der Waals surface area (Å²) in [6.07, 6.45) is 8.01. The maximum Gasteiger partial charge on any atom is 0.325 e. The van der Waals surface area contributed by atoms with Crippen molar-refractivity contribution in [1.29, 1.82) is 0 Å². The summed E-state index contributed by atoms with van der Waals surface area (Å²) in [7, 11) is 0. The van der Waals surface area contributed by atoms with Gasteiger partial charge in [0.05, 0.1) is 0 Å². The molecule has 3 atom stereocenters. The zero-order chi connectivity index (χ0) is 14.3. The lowest BCUT2D eigenvalue weighted by Gasteiger charge is -2.39. The van der Waals surface area contributed by atoms with Crippen LogP contribution in [0.1, 0.15) is 58.8 Å². The normalized spacial score (nSPS) is 34.1. The molecule has 0 aromatic heterocycles. The van der Waals surface area contributed by atoms with Gasteiger partial charge in [-0.25, -0.2) is 0 Å². The van der Waals surface area contributed by atoms with Gasteiger partial charge < -0.3 is 5.11 Å². The van der Waals surface area contributed by atoms with Gasteiger partial charge in [0.2, 0.25) is 0 Å². The van der Waals surface area contributed by atoms with E-state index in [-0.39, 0.29) is 0 Å². The molecule has 3 rings (SSSR count). The van der Waals surface area contributed by atoms with Crippen LogP contribution < -0.4 is 5.32 Å². The lowest BCUT2D eigenvalue weighted by Crippen LogP contribution is -2.62. The van der Waals surface area contributed by atoms with Crippen molar-refractivity contribution in [1.82, 2.24) is 10.2 Å². The zero-order valence-electron chi connectivity index (χ0n) is 12.8. The van der Waals surface area contributed by atoms with Crippen molar-refractivity contribution < 1.29 is 9.90 Å².